The average Bonchev–Trinajstić information content (AvgIpc) is 2.17. The van der Waals surface area contributed by atoms with Crippen LogP contribution in [0.25, 0.3) is 10.8 Å². The highest BCUT2D eigenvalue weighted by Gasteiger charge is 2.04. The van der Waals surface area contributed by atoms with Gasteiger partial charge in [0.25, 0.3) is 0 Å². The van der Waals surface area contributed by atoms with Crippen molar-refractivity contribution in [1.82, 2.24) is 0 Å². The first-order valence-electron chi connectivity index (χ1n) is 4.29. The highest BCUT2D eigenvalue weighted by molar-refractivity contribution is 9.10. The number of rotatable bonds is 2. The van der Waals surface area contributed by atoms with E-state index in [2.05, 4.69) is 20.7 Å². The first kappa shape index (κ1) is 10.4. The molecule has 0 amide bonds. The summed E-state index contributed by atoms with van der Waals surface area (Å²) in [7, 11) is 0. The lowest BCUT2D eigenvalue weighted by molar-refractivity contribution is -0.0497. The lowest BCUT2D eigenvalue weighted by atomic mass is 10.1. The second kappa shape index (κ2) is 4.14. The van der Waals surface area contributed by atoms with Crippen molar-refractivity contribution in [3.05, 3.63) is 40.9 Å². The summed E-state index contributed by atoms with van der Waals surface area (Å²) in [5.74, 6) is 0.180. The van der Waals surface area contributed by atoms with Gasteiger partial charge in [-0.1, -0.05) is 28.1 Å². The van der Waals surface area contributed by atoms with Gasteiger partial charge in [-0.15, -0.1) is 0 Å². The van der Waals surface area contributed by atoms with Crippen molar-refractivity contribution in [2.45, 2.75) is 6.61 Å². The van der Waals surface area contributed by atoms with Crippen molar-refractivity contribution < 1.29 is 13.5 Å². The first-order valence-corrected chi connectivity index (χ1v) is 5.08. The van der Waals surface area contributed by atoms with Gasteiger partial charge in [0.15, 0.2) is 0 Å². The molecule has 0 atom stereocenters. The molecule has 0 aromatic heterocycles. The summed E-state index contributed by atoms with van der Waals surface area (Å²) in [6, 6.07) is 10.5. The molecule has 0 fully saturated rings. The van der Waals surface area contributed by atoms with Gasteiger partial charge in [0, 0.05) is 4.47 Å². The predicted molar refractivity (Wildman–Crippen MR) is 58.3 cm³/mol. The van der Waals surface area contributed by atoms with E-state index < -0.39 is 6.61 Å². The van der Waals surface area contributed by atoms with Crippen molar-refractivity contribution in [2.75, 3.05) is 0 Å². The van der Waals surface area contributed by atoms with Crippen LogP contribution in [0.1, 0.15) is 0 Å². The van der Waals surface area contributed by atoms with Crippen LogP contribution < -0.4 is 4.74 Å². The number of hydrogen-bond acceptors (Lipinski definition) is 1. The molecule has 0 heterocycles. The molecule has 2 aromatic rings. The van der Waals surface area contributed by atoms with E-state index in [9.17, 15) is 8.78 Å². The van der Waals surface area contributed by atoms with Crippen LogP contribution >= 0.6 is 15.9 Å². The van der Waals surface area contributed by atoms with E-state index in [1.54, 1.807) is 12.1 Å². The SMILES string of the molecule is FC(F)Oc1ccc2cc(Br)ccc2c1. The average molecular weight is 273 g/mol. The summed E-state index contributed by atoms with van der Waals surface area (Å²) in [6.07, 6.45) is 0. The zero-order valence-electron chi connectivity index (χ0n) is 7.58. The second-order valence-corrected chi connectivity index (χ2v) is 3.95. The van der Waals surface area contributed by atoms with Gasteiger partial charge < -0.3 is 4.74 Å². The number of halogens is 3. The standard InChI is InChI=1S/C11H7BrF2O/c12-9-3-1-8-6-10(15-11(13)14)4-2-7(8)5-9/h1-6,11H. The summed E-state index contributed by atoms with van der Waals surface area (Å²) in [4.78, 5) is 0. The maximum Gasteiger partial charge on any atom is 0.387 e. The van der Waals surface area contributed by atoms with Crippen LogP contribution in [0.4, 0.5) is 8.78 Å². The maximum absolute atomic E-state index is 12.0. The van der Waals surface area contributed by atoms with E-state index in [0.717, 1.165) is 15.2 Å². The molecule has 0 aliphatic carbocycles. The summed E-state index contributed by atoms with van der Waals surface area (Å²) in [5, 5.41) is 1.85. The number of alkyl halides is 2. The Balaban J connectivity index is 2.43. The number of benzene rings is 2. The highest BCUT2D eigenvalue weighted by atomic mass is 79.9. The third-order valence-electron chi connectivity index (χ3n) is 2.00. The Labute approximate surface area is 93.8 Å². The second-order valence-electron chi connectivity index (χ2n) is 3.03. The van der Waals surface area contributed by atoms with Gasteiger partial charge in [-0.3, -0.25) is 0 Å². The largest absolute Gasteiger partial charge is 0.435 e. The molecule has 4 heteroatoms. The molecule has 78 valence electrons. The van der Waals surface area contributed by atoms with E-state index in [-0.39, 0.29) is 5.75 Å². The Morgan fingerprint density at radius 1 is 1.00 bits per heavy atom. The monoisotopic (exact) mass is 272 g/mol. The lowest BCUT2D eigenvalue weighted by Crippen LogP contribution is -2.01. The predicted octanol–water partition coefficient (Wildman–Crippen LogP) is 4.20. The van der Waals surface area contributed by atoms with Gasteiger partial charge in [-0.05, 0) is 35.0 Å². The highest BCUT2D eigenvalue weighted by Crippen LogP contribution is 2.24. The molecule has 0 spiro atoms. The molecule has 0 N–H and O–H groups in total. The Morgan fingerprint density at radius 2 is 1.67 bits per heavy atom. The minimum absolute atomic E-state index is 0.180. The number of ether oxygens (including phenoxy) is 1. The zero-order valence-corrected chi connectivity index (χ0v) is 9.17. The molecular weight excluding hydrogens is 266 g/mol. The molecule has 2 aromatic carbocycles. The van der Waals surface area contributed by atoms with Crippen LogP contribution in [0.5, 0.6) is 5.75 Å². The van der Waals surface area contributed by atoms with Gasteiger partial charge in [0.2, 0.25) is 0 Å². The van der Waals surface area contributed by atoms with Gasteiger partial charge >= 0.3 is 6.61 Å². The summed E-state index contributed by atoms with van der Waals surface area (Å²) < 4.78 is 29.2. The van der Waals surface area contributed by atoms with Crippen molar-refractivity contribution in [1.29, 1.82) is 0 Å². The van der Waals surface area contributed by atoms with E-state index in [0.29, 0.717) is 0 Å². The van der Waals surface area contributed by atoms with Crippen LogP contribution in [0.15, 0.2) is 40.9 Å². The van der Waals surface area contributed by atoms with Crippen molar-refractivity contribution in [3.8, 4) is 5.75 Å². The van der Waals surface area contributed by atoms with E-state index >= 15 is 0 Å². The van der Waals surface area contributed by atoms with Crippen LogP contribution in [-0.2, 0) is 0 Å². The third kappa shape index (κ3) is 2.45. The van der Waals surface area contributed by atoms with Gasteiger partial charge in [-0.25, -0.2) is 0 Å². The summed E-state index contributed by atoms with van der Waals surface area (Å²) in [6.45, 7) is -2.78. The number of fused-ring (bicyclic) bond motifs is 1. The molecule has 0 saturated carbocycles. The molecule has 0 aliphatic heterocycles. The Morgan fingerprint density at radius 3 is 2.40 bits per heavy atom. The Bertz CT molecular complexity index is 485. The van der Waals surface area contributed by atoms with E-state index in [4.69, 9.17) is 0 Å². The number of hydrogen-bond donors (Lipinski definition) is 0. The van der Waals surface area contributed by atoms with Crippen molar-refractivity contribution >= 4 is 26.7 Å². The van der Waals surface area contributed by atoms with Gasteiger partial charge in [-0.2, -0.15) is 8.78 Å². The molecule has 2 rings (SSSR count). The smallest absolute Gasteiger partial charge is 0.387 e. The summed E-state index contributed by atoms with van der Waals surface area (Å²) >= 11 is 3.34. The minimum Gasteiger partial charge on any atom is -0.435 e. The van der Waals surface area contributed by atoms with Crippen molar-refractivity contribution in [2.24, 2.45) is 0 Å². The first-order chi connectivity index (χ1) is 7.15. The molecule has 1 nitrogen and oxygen atoms in total. The van der Waals surface area contributed by atoms with E-state index in [1.165, 1.54) is 6.07 Å². The fourth-order valence-corrected chi connectivity index (χ4v) is 1.75. The van der Waals surface area contributed by atoms with E-state index in [1.807, 2.05) is 18.2 Å². The normalized spacial score (nSPS) is 10.9. The molecule has 0 bridgehead atoms. The lowest BCUT2D eigenvalue weighted by Gasteiger charge is -2.05. The molecule has 15 heavy (non-hydrogen) atoms. The zero-order chi connectivity index (χ0) is 10.8. The van der Waals surface area contributed by atoms with Crippen molar-refractivity contribution in [3.63, 3.8) is 0 Å². The molecule has 0 unspecified atom stereocenters. The van der Waals surface area contributed by atoms with Crippen LogP contribution in [0.2, 0.25) is 0 Å². The third-order valence-corrected chi connectivity index (χ3v) is 2.49. The van der Waals surface area contributed by atoms with Crippen LogP contribution in [-0.4, -0.2) is 6.61 Å². The molecule has 0 aliphatic rings. The summed E-state index contributed by atoms with van der Waals surface area (Å²) in [5.41, 5.74) is 0. The van der Waals surface area contributed by atoms with Crippen LogP contribution in [0.3, 0.4) is 0 Å². The Kier molecular flexibility index (Phi) is 2.86. The topological polar surface area (TPSA) is 9.23 Å². The van der Waals surface area contributed by atoms with Gasteiger partial charge in [0.1, 0.15) is 5.75 Å². The van der Waals surface area contributed by atoms with Crippen LogP contribution in [0, 0.1) is 0 Å². The quantitative estimate of drug-likeness (QED) is 0.796. The fourth-order valence-electron chi connectivity index (χ4n) is 1.37. The minimum atomic E-state index is -2.78. The Hall–Kier alpha value is -1.16. The fraction of sp³-hybridized carbons (Fsp3) is 0.0909. The van der Waals surface area contributed by atoms with Gasteiger partial charge in [0.05, 0.1) is 0 Å². The molecule has 0 radical (unpaired) electrons. The molecular formula is C11H7BrF2O. The maximum atomic E-state index is 12.0. The molecule has 0 saturated heterocycles.